The van der Waals surface area contributed by atoms with Gasteiger partial charge in [-0.3, -0.25) is 4.79 Å². The van der Waals surface area contributed by atoms with Crippen molar-refractivity contribution in [2.75, 3.05) is 34.4 Å². The summed E-state index contributed by atoms with van der Waals surface area (Å²) in [6.07, 6.45) is 3.82. The summed E-state index contributed by atoms with van der Waals surface area (Å²) in [5.74, 6) is 0.841. The Morgan fingerprint density at radius 3 is 2.70 bits per heavy atom. The number of amides is 1. The van der Waals surface area contributed by atoms with Gasteiger partial charge < -0.3 is 19.7 Å². The Hall–Kier alpha value is -1.79. The Balaban J connectivity index is 1.59. The first-order chi connectivity index (χ1) is 15.8. The molecule has 4 rings (SSSR count). The van der Waals surface area contributed by atoms with Crippen LogP contribution in [-0.4, -0.2) is 56.8 Å². The number of hydrogen-bond acceptors (Lipinski definition) is 4. The summed E-state index contributed by atoms with van der Waals surface area (Å²) in [7, 11) is 5.68. The number of halogens is 2. The standard InChI is InChI=1S/C26H32Cl2N2O3/c1-30-12-11-25(19-5-4-6-21(15-19)32-2)16-20(9-10-26(25,17-30)33-3)29-24(31)14-18-7-8-22(27)23(28)13-18/h4-8,13,15,20H,9-12,14,16-17H2,1-3H3,(H,29,31). The molecule has 2 fully saturated rings. The van der Waals surface area contributed by atoms with Crippen LogP contribution in [0.25, 0.3) is 0 Å². The Bertz CT molecular complexity index is 1020. The topological polar surface area (TPSA) is 50.8 Å². The van der Waals surface area contributed by atoms with Gasteiger partial charge in [-0.2, -0.15) is 0 Å². The predicted molar refractivity (Wildman–Crippen MR) is 132 cm³/mol. The number of carbonyl (C=O) groups excluding carboxylic acids is 1. The summed E-state index contributed by atoms with van der Waals surface area (Å²) < 4.78 is 11.9. The lowest BCUT2D eigenvalue weighted by Gasteiger charge is -2.59. The van der Waals surface area contributed by atoms with Crippen molar-refractivity contribution in [2.45, 2.75) is 49.2 Å². The van der Waals surface area contributed by atoms with Gasteiger partial charge in [0.15, 0.2) is 0 Å². The van der Waals surface area contributed by atoms with Crippen LogP contribution >= 0.6 is 23.2 Å². The number of hydrogen-bond donors (Lipinski definition) is 1. The highest BCUT2D eigenvalue weighted by atomic mass is 35.5. The number of piperidine rings is 1. The van der Waals surface area contributed by atoms with E-state index < -0.39 is 0 Å². The van der Waals surface area contributed by atoms with E-state index in [1.54, 1.807) is 19.2 Å². The molecule has 0 radical (unpaired) electrons. The number of rotatable bonds is 6. The van der Waals surface area contributed by atoms with Gasteiger partial charge in [0.1, 0.15) is 5.75 Å². The number of nitrogens with zero attached hydrogens (tertiary/aromatic N) is 1. The molecule has 1 saturated carbocycles. The van der Waals surface area contributed by atoms with Crippen molar-refractivity contribution in [1.82, 2.24) is 10.2 Å². The third-order valence-electron chi connectivity index (χ3n) is 7.54. The van der Waals surface area contributed by atoms with E-state index >= 15 is 0 Å². The van der Waals surface area contributed by atoms with Gasteiger partial charge >= 0.3 is 0 Å². The number of ether oxygens (including phenoxy) is 2. The van der Waals surface area contributed by atoms with Gasteiger partial charge in [-0.25, -0.2) is 0 Å². The number of carbonyl (C=O) groups is 1. The van der Waals surface area contributed by atoms with E-state index in [2.05, 4.69) is 29.4 Å². The summed E-state index contributed by atoms with van der Waals surface area (Å²) in [5.41, 5.74) is 1.56. The lowest BCUT2D eigenvalue weighted by Crippen LogP contribution is -2.67. The molecular formula is C26H32Cl2N2O3. The van der Waals surface area contributed by atoms with Crippen LogP contribution in [0.2, 0.25) is 10.0 Å². The van der Waals surface area contributed by atoms with Crippen LogP contribution < -0.4 is 10.1 Å². The van der Waals surface area contributed by atoms with Gasteiger partial charge in [-0.1, -0.05) is 41.4 Å². The number of benzene rings is 2. The van der Waals surface area contributed by atoms with Gasteiger partial charge in [-0.15, -0.1) is 0 Å². The van der Waals surface area contributed by atoms with E-state index in [0.29, 0.717) is 10.0 Å². The third-order valence-corrected chi connectivity index (χ3v) is 8.28. The normalized spacial score (nSPS) is 27.6. The van der Waals surface area contributed by atoms with E-state index in [4.69, 9.17) is 32.7 Å². The minimum absolute atomic E-state index is 0.00275. The minimum atomic E-state index is -0.308. The Kier molecular flexibility index (Phi) is 7.25. The molecule has 1 aliphatic carbocycles. The van der Waals surface area contributed by atoms with Crippen LogP contribution in [0.5, 0.6) is 5.75 Å². The molecule has 1 saturated heterocycles. The second-order valence-electron chi connectivity index (χ2n) is 9.43. The van der Waals surface area contributed by atoms with Crippen LogP contribution in [0.3, 0.4) is 0 Å². The first kappa shape index (κ1) is 24.3. The van der Waals surface area contributed by atoms with Crippen molar-refractivity contribution in [2.24, 2.45) is 0 Å². The quantitative estimate of drug-likeness (QED) is 0.627. The maximum Gasteiger partial charge on any atom is 0.224 e. The number of nitrogens with one attached hydrogen (secondary N) is 1. The lowest BCUT2D eigenvalue weighted by atomic mass is 9.55. The summed E-state index contributed by atoms with van der Waals surface area (Å²) in [4.78, 5) is 15.3. The van der Waals surface area contributed by atoms with Crippen molar-refractivity contribution in [3.63, 3.8) is 0 Å². The van der Waals surface area contributed by atoms with E-state index in [-0.39, 0.29) is 29.4 Å². The zero-order chi connectivity index (χ0) is 23.6. The monoisotopic (exact) mass is 490 g/mol. The van der Waals surface area contributed by atoms with Crippen LogP contribution in [0.4, 0.5) is 0 Å². The molecular weight excluding hydrogens is 459 g/mol. The third kappa shape index (κ3) is 4.74. The highest BCUT2D eigenvalue weighted by Crippen LogP contribution is 2.53. The van der Waals surface area contributed by atoms with E-state index in [1.165, 1.54) is 5.56 Å². The molecule has 33 heavy (non-hydrogen) atoms. The number of fused-ring (bicyclic) bond motifs is 1. The molecule has 2 aromatic rings. The highest BCUT2D eigenvalue weighted by Gasteiger charge is 2.58. The largest absolute Gasteiger partial charge is 0.497 e. The molecule has 1 aliphatic heterocycles. The van der Waals surface area contributed by atoms with Gasteiger partial charge in [-0.05, 0) is 74.7 Å². The molecule has 1 heterocycles. The predicted octanol–water partition coefficient (Wildman–Crippen LogP) is 4.87. The molecule has 2 aliphatic rings. The number of methoxy groups -OCH3 is 2. The molecule has 3 unspecified atom stereocenters. The summed E-state index contributed by atoms with van der Waals surface area (Å²) in [5, 5.41) is 4.25. The molecule has 5 nitrogen and oxygen atoms in total. The molecule has 0 aromatic heterocycles. The molecule has 0 spiro atoms. The van der Waals surface area contributed by atoms with Gasteiger partial charge in [0.25, 0.3) is 0 Å². The van der Waals surface area contributed by atoms with Crippen LogP contribution in [0, 0.1) is 0 Å². The van der Waals surface area contributed by atoms with Crippen molar-refractivity contribution < 1.29 is 14.3 Å². The first-order valence-corrected chi connectivity index (χ1v) is 12.2. The Morgan fingerprint density at radius 2 is 1.97 bits per heavy atom. The molecule has 7 heteroatoms. The van der Waals surface area contributed by atoms with Crippen LogP contribution in [0.1, 0.15) is 36.8 Å². The van der Waals surface area contributed by atoms with Gasteiger partial charge in [0.05, 0.1) is 29.2 Å². The van der Waals surface area contributed by atoms with Crippen molar-refractivity contribution in [3.8, 4) is 5.75 Å². The molecule has 1 N–H and O–H groups in total. The Morgan fingerprint density at radius 1 is 1.15 bits per heavy atom. The number of likely N-dealkylation sites (N-methyl/N-ethyl adjacent to an activating group) is 1. The van der Waals surface area contributed by atoms with E-state index in [9.17, 15) is 4.79 Å². The van der Waals surface area contributed by atoms with Crippen molar-refractivity contribution >= 4 is 29.1 Å². The SMILES string of the molecule is COc1cccc(C23CCN(C)CC2(OC)CCC(NC(=O)Cc2ccc(Cl)c(Cl)c2)C3)c1. The zero-order valence-electron chi connectivity index (χ0n) is 19.5. The summed E-state index contributed by atoms with van der Waals surface area (Å²) >= 11 is 12.1. The molecule has 178 valence electrons. The highest BCUT2D eigenvalue weighted by molar-refractivity contribution is 6.42. The second-order valence-corrected chi connectivity index (χ2v) is 10.2. The fraction of sp³-hybridized carbons (Fsp3) is 0.500. The Labute approximate surface area is 206 Å². The van der Waals surface area contributed by atoms with E-state index in [1.807, 2.05) is 25.3 Å². The maximum atomic E-state index is 12.9. The van der Waals surface area contributed by atoms with Crippen molar-refractivity contribution in [1.29, 1.82) is 0 Å². The molecule has 1 amide bonds. The van der Waals surface area contributed by atoms with E-state index in [0.717, 1.165) is 50.1 Å². The van der Waals surface area contributed by atoms with Crippen molar-refractivity contribution in [3.05, 3.63) is 63.6 Å². The second kappa shape index (κ2) is 9.83. The zero-order valence-corrected chi connectivity index (χ0v) is 21.0. The van der Waals surface area contributed by atoms with Gasteiger partial charge in [0, 0.05) is 25.1 Å². The average Bonchev–Trinajstić information content (AvgIpc) is 2.81. The smallest absolute Gasteiger partial charge is 0.224 e. The minimum Gasteiger partial charge on any atom is -0.497 e. The van der Waals surface area contributed by atoms with Gasteiger partial charge in [0.2, 0.25) is 5.91 Å². The summed E-state index contributed by atoms with van der Waals surface area (Å²) in [6.45, 7) is 1.84. The fourth-order valence-corrected chi connectivity index (χ4v) is 6.18. The number of likely N-dealkylation sites (tertiary alicyclic amines) is 1. The molecule has 0 bridgehead atoms. The van der Waals surface area contributed by atoms with Crippen LogP contribution in [0.15, 0.2) is 42.5 Å². The molecule has 3 atom stereocenters. The lowest BCUT2D eigenvalue weighted by molar-refractivity contribution is -0.147. The molecule has 2 aromatic carbocycles. The fourth-order valence-electron chi connectivity index (χ4n) is 5.86. The maximum absolute atomic E-state index is 12.9. The van der Waals surface area contributed by atoms with Crippen LogP contribution in [-0.2, 0) is 21.4 Å². The average molecular weight is 491 g/mol. The first-order valence-electron chi connectivity index (χ1n) is 11.4. The summed E-state index contributed by atoms with van der Waals surface area (Å²) in [6, 6.07) is 13.8.